The van der Waals surface area contributed by atoms with Crippen LogP contribution in [0.4, 0.5) is 0 Å². The Labute approximate surface area is 118 Å². The van der Waals surface area contributed by atoms with Crippen molar-refractivity contribution in [2.45, 2.75) is 34.2 Å². The molecule has 0 saturated heterocycles. The molecule has 0 saturated carbocycles. The van der Waals surface area contributed by atoms with E-state index < -0.39 is 0 Å². The average molecular weight is 271 g/mol. The Bertz CT molecular complexity index is 236. The molecule has 0 aliphatic rings. The van der Waals surface area contributed by atoms with E-state index in [9.17, 15) is 0 Å². The maximum Gasteiger partial charge on any atom is 0.0995 e. The number of thioether (sulfide) groups is 1. The number of rotatable bonds is 6. The van der Waals surface area contributed by atoms with Crippen LogP contribution in [-0.4, -0.2) is 30.9 Å². The molecular weight excluding hydrogens is 242 g/mol. The summed E-state index contributed by atoms with van der Waals surface area (Å²) in [5.74, 6) is 1.00. The lowest BCUT2D eigenvalue weighted by Crippen LogP contribution is -2.24. The quantitative estimate of drug-likeness (QED) is 0.709. The van der Waals surface area contributed by atoms with Crippen molar-refractivity contribution in [2.75, 3.05) is 26.0 Å². The zero-order chi connectivity index (χ0) is 14.2. The number of ether oxygens (including phenoxy) is 1. The molecule has 0 spiro atoms. The average Bonchev–Trinajstić information content (AvgIpc) is 2.45. The molecular formula is C15H29NOS. The topological polar surface area (TPSA) is 12.5 Å². The van der Waals surface area contributed by atoms with Crippen LogP contribution >= 0.6 is 11.8 Å². The Morgan fingerprint density at radius 2 is 1.61 bits per heavy atom. The molecule has 1 rings (SSSR count). The number of methoxy groups -OCH3 is 1. The first-order chi connectivity index (χ1) is 8.86. The van der Waals surface area contributed by atoms with Crippen molar-refractivity contribution in [2.24, 2.45) is 0 Å². The van der Waals surface area contributed by atoms with Gasteiger partial charge in [0.1, 0.15) is 0 Å². The number of hydrogen-bond donors (Lipinski definition) is 0. The second kappa shape index (κ2) is 16.5. The SMILES string of the molecule is CC.CC.COCN(CSC)Cc1ccccc1. The summed E-state index contributed by atoms with van der Waals surface area (Å²) in [6, 6.07) is 10.5. The van der Waals surface area contributed by atoms with E-state index in [4.69, 9.17) is 4.74 Å². The highest BCUT2D eigenvalue weighted by Crippen LogP contribution is 2.07. The molecule has 0 radical (unpaired) electrons. The first kappa shape index (κ1) is 19.8. The molecule has 0 aliphatic carbocycles. The van der Waals surface area contributed by atoms with Crippen LogP contribution in [0.15, 0.2) is 30.3 Å². The van der Waals surface area contributed by atoms with E-state index >= 15 is 0 Å². The van der Waals surface area contributed by atoms with Gasteiger partial charge < -0.3 is 4.74 Å². The molecule has 18 heavy (non-hydrogen) atoms. The van der Waals surface area contributed by atoms with Gasteiger partial charge in [0.15, 0.2) is 0 Å². The highest BCUT2D eigenvalue weighted by Gasteiger charge is 2.03. The Morgan fingerprint density at radius 1 is 1.06 bits per heavy atom. The van der Waals surface area contributed by atoms with E-state index in [-0.39, 0.29) is 0 Å². The van der Waals surface area contributed by atoms with Crippen LogP contribution < -0.4 is 0 Å². The molecule has 0 aromatic heterocycles. The summed E-state index contributed by atoms with van der Waals surface area (Å²) in [5, 5.41) is 0. The van der Waals surface area contributed by atoms with Gasteiger partial charge in [0.2, 0.25) is 0 Å². The van der Waals surface area contributed by atoms with Crippen LogP contribution in [0.3, 0.4) is 0 Å². The molecule has 0 atom stereocenters. The minimum Gasteiger partial charge on any atom is -0.369 e. The summed E-state index contributed by atoms with van der Waals surface area (Å²) >= 11 is 1.81. The first-order valence-corrected chi connectivity index (χ1v) is 8.00. The van der Waals surface area contributed by atoms with Crippen molar-refractivity contribution >= 4 is 11.8 Å². The first-order valence-electron chi connectivity index (χ1n) is 6.61. The summed E-state index contributed by atoms with van der Waals surface area (Å²) < 4.78 is 5.14. The van der Waals surface area contributed by atoms with Crippen LogP contribution in [0, 0.1) is 0 Å². The van der Waals surface area contributed by atoms with Crippen molar-refractivity contribution < 1.29 is 4.74 Å². The van der Waals surface area contributed by atoms with Gasteiger partial charge in [-0.05, 0) is 11.8 Å². The van der Waals surface area contributed by atoms with Gasteiger partial charge in [-0.3, -0.25) is 4.90 Å². The second-order valence-electron chi connectivity index (χ2n) is 3.15. The molecule has 0 aliphatic heterocycles. The third kappa shape index (κ3) is 10.6. The van der Waals surface area contributed by atoms with E-state index in [0.717, 1.165) is 12.4 Å². The van der Waals surface area contributed by atoms with Crippen molar-refractivity contribution in [3.05, 3.63) is 35.9 Å². The van der Waals surface area contributed by atoms with E-state index in [1.165, 1.54) is 5.56 Å². The predicted octanol–water partition coefficient (Wildman–Crippen LogP) is 4.47. The van der Waals surface area contributed by atoms with Crippen LogP contribution in [0.25, 0.3) is 0 Å². The van der Waals surface area contributed by atoms with Gasteiger partial charge in [-0.25, -0.2) is 0 Å². The Balaban J connectivity index is 0. The van der Waals surface area contributed by atoms with Crippen molar-refractivity contribution in [3.63, 3.8) is 0 Å². The fourth-order valence-corrected chi connectivity index (χ4v) is 1.87. The summed E-state index contributed by atoms with van der Waals surface area (Å²) in [4.78, 5) is 2.26. The molecule has 0 unspecified atom stereocenters. The van der Waals surface area contributed by atoms with Crippen LogP contribution in [0.5, 0.6) is 0 Å². The number of hydrogen-bond acceptors (Lipinski definition) is 3. The van der Waals surface area contributed by atoms with Gasteiger partial charge in [0.05, 0.1) is 6.73 Å². The largest absolute Gasteiger partial charge is 0.369 e. The van der Waals surface area contributed by atoms with E-state index in [1.54, 1.807) is 7.11 Å². The molecule has 0 amide bonds. The Kier molecular flexibility index (Phi) is 18.2. The van der Waals surface area contributed by atoms with Gasteiger partial charge in [-0.15, -0.1) is 11.8 Å². The highest BCUT2D eigenvalue weighted by molar-refractivity contribution is 7.98. The molecule has 1 aromatic rings. The van der Waals surface area contributed by atoms with Gasteiger partial charge in [0, 0.05) is 19.5 Å². The molecule has 2 nitrogen and oxygen atoms in total. The van der Waals surface area contributed by atoms with Gasteiger partial charge >= 0.3 is 0 Å². The lowest BCUT2D eigenvalue weighted by molar-refractivity contribution is 0.0726. The third-order valence-corrected chi connectivity index (χ3v) is 2.50. The van der Waals surface area contributed by atoms with Gasteiger partial charge in [-0.2, -0.15) is 0 Å². The minimum absolute atomic E-state index is 0.690. The van der Waals surface area contributed by atoms with Gasteiger partial charge in [-0.1, -0.05) is 58.0 Å². The third-order valence-electron chi connectivity index (χ3n) is 1.87. The lowest BCUT2D eigenvalue weighted by Gasteiger charge is -2.19. The molecule has 1 aromatic carbocycles. The lowest BCUT2D eigenvalue weighted by atomic mass is 10.2. The number of benzene rings is 1. The fourth-order valence-electron chi connectivity index (χ4n) is 1.34. The van der Waals surface area contributed by atoms with E-state index in [0.29, 0.717) is 6.73 Å². The van der Waals surface area contributed by atoms with E-state index in [1.807, 2.05) is 45.5 Å². The molecule has 106 valence electrons. The summed E-state index contributed by atoms with van der Waals surface area (Å²) in [7, 11) is 1.73. The predicted molar refractivity (Wildman–Crippen MR) is 84.9 cm³/mol. The van der Waals surface area contributed by atoms with Crippen molar-refractivity contribution in [1.29, 1.82) is 0 Å². The van der Waals surface area contributed by atoms with Gasteiger partial charge in [0.25, 0.3) is 0 Å². The summed E-state index contributed by atoms with van der Waals surface area (Å²) in [5.41, 5.74) is 1.33. The standard InChI is InChI=1S/C11H17NOS.2C2H6/c1-13-9-12(10-14-2)8-11-6-4-3-5-7-11;2*1-2/h3-7H,8-10H2,1-2H3;2*1-2H3. The van der Waals surface area contributed by atoms with Crippen LogP contribution in [-0.2, 0) is 11.3 Å². The second-order valence-corrected chi connectivity index (χ2v) is 3.99. The maximum absolute atomic E-state index is 5.14. The molecule has 0 fully saturated rings. The Morgan fingerprint density at radius 3 is 2.06 bits per heavy atom. The smallest absolute Gasteiger partial charge is 0.0995 e. The normalized spacial score (nSPS) is 9.06. The zero-order valence-electron chi connectivity index (χ0n) is 12.8. The summed E-state index contributed by atoms with van der Waals surface area (Å²) in [6.45, 7) is 9.64. The Hall–Kier alpha value is -0.510. The zero-order valence-corrected chi connectivity index (χ0v) is 13.6. The monoisotopic (exact) mass is 271 g/mol. The number of nitrogens with zero attached hydrogens (tertiary/aromatic N) is 1. The molecule has 0 N–H and O–H groups in total. The maximum atomic E-state index is 5.14. The van der Waals surface area contributed by atoms with Crippen LogP contribution in [0.1, 0.15) is 33.3 Å². The highest BCUT2D eigenvalue weighted by atomic mass is 32.2. The molecule has 0 heterocycles. The van der Waals surface area contributed by atoms with Crippen molar-refractivity contribution in [1.82, 2.24) is 4.90 Å². The fraction of sp³-hybridized carbons (Fsp3) is 0.600. The molecule has 0 bridgehead atoms. The van der Waals surface area contributed by atoms with Crippen molar-refractivity contribution in [3.8, 4) is 0 Å². The molecule has 3 heteroatoms. The van der Waals surface area contributed by atoms with E-state index in [2.05, 4.69) is 35.4 Å². The summed E-state index contributed by atoms with van der Waals surface area (Å²) in [6.07, 6.45) is 2.10. The van der Waals surface area contributed by atoms with Crippen LogP contribution in [0.2, 0.25) is 0 Å². The minimum atomic E-state index is 0.690.